The van der Waals surface area contributed by atoms with E-state index in [1.165, 1.54) is 51.7 Å². The van der Waals surface area contributed by atoms with Crippen LogP contribution in [-0.2, 0) is 0 Å². The van der Waals surface area contributed by atoms with Crippen molar-refractivity contribution >= 4 is 0 Å². The second-order valence-corrected chi connectivity index (χ2v) is 7.83. The number of nitrogens with zero attached hydrogens (tertiary/aromatic N) is 2. The Morgan fingerprint density at radius 2 is 2.05 bits per heavy atom. The lowest BCUT2D eigenvalue weighted by Gasteiger charge is -2.53. The van der Waals surface area contributed by atoms with Crippen LogP contribution in [0.3, 0.4) is 0 Å². The van der Waals surface area contributed by atoms with Crippen molar-refractivity contribution < 1.29 is 0 Å². The molecular weight excluding hydrogens is 246 g/mol. The van der Waals surface area contributed by atoms with Crippen molar-refractivity contribution in [3.8, 4) is 0 Å². The van der Waals surface area contributed by atoms with Crippen molar-refractivity contribution in [1.82, 2.24) is 9.80 Å². The normalized spacial score (nSPS) is 37.5. The number of rotatable bonds is 4. The van der Waals surface area contributed by atoms with Gasteiger partial charge in [-0.25, -0.2) is 0 Å². The van der Waals surface area contributed by atoms with Crippen LogP contribution in [0.25, 0.3) is 0 Å². The zero-order chi connectivity index (χ0) is 14.8. The predicted molar refractivity (Wildman–Crippen MR) is 86.9 cm³/mol. The molecule has 0 amide bonds. The van der Waals surface area contributed by atoms with Gasteiger partial charge in [0.15, 0.2) is 0 Å². The molecule has 1 saturated heterocycles. The molecule has 1 aliphatic carbocycles. The molecule has 3 heteroatoms. The molecule has 2 fully saturated rings. The lowest BCUT2D eigenvalue weighted by atomic mass is 9.71. The summed E-state index contributed by atoms with van der Waals surface area (Å²) < 4.78 is 0. The third kappa shape index (κ3) is 3.55. The Kier molecular flexibility index (Phi) is 5.49. The van der Waals surface area contributed by atoms with E-state index in [9.17, 15) is 0 Å². The first-order valence-electron chi connectivity index (χ1n) is 8.62. The highest BCUT2D eigenvalue weighted by molar-refractivity contribution is 5.00. The van der Waals surface area contributed by atoms with Crippen LogP contribution in [0.1, 0.15) is 52.9 Å². The largest absolute Gasteiger partial charge is 0.329 e. The minimum absolute atomic E-state index is 0.290. The topological polar surface area (TPSA) is 32.5 Å². The van der Waals surface area contributed by atoms with Crippen LogP contribution in [-0.4, -0.2) is 54.6 Å². The molecule has 0 spiro atoms. The van der Waals surface area contributed by atoms with Gasteiger partial charge in [-0.15, -0.1) is 0 Å². The Labute approximate surface area is 125 Å². The van der Waals surface area contributed by atoms with Gasteiger partial charge in [-0.2, -0.15) is 0 Å². The molecule has 1 aliphatic heterocycles. The minimum Gasteiger partial charge on any atom is -0.329 e. The Bertz CT molecular complexity index is 305. The molecule has 0 aromatic heterocycles. The molecule has 1 saturated carbocycles. The summed E-state index contributed by atoms with van der Waals surface area (Å²) in [4.78, 5) is 5.22. The fourth-order valence-electron chi connectivity index (χ4n) is 4.74. The van der Waals surface area contributed by atoms with Crippen LogP contribution in [0, 0.1) is 11.8 Å². The average molecular weight is 281 g/mol. The highest BCUT2D eigenvalue weighted by Gasteiger charge is 2.43. The van der Waals surface area contributed by atoms with E-state index in [0.29, 0.717) is 11.6 Å². The molecule has 0 radical (unpaired) electrons. The maximum atomic E-state index is 6.30. The Morgan fingerprint density at radius 1 is 1.30 bits per heavy atom. The van der Waals surface area contributed by atoms with Crippen molar-refractivity contribution in [1.29, 1.82) is 0 Å². The van der Waals surface area contributed by atoms with Crippen LogP contribution >= 0.6 is 0 Å². The molecule has 118 valence electrons. The smallest absolute Gasteiger partial charge is 0.0338 e. The maximum Gasteiger partial charge on any atom is 0.0338 e. The number of hydrogen-bond donors (Lipinski definition) is 1. The quantitative estimate of drug-likeness (QED) is 0.859. The van der Waals surface area contributed by atoms with E-state index in [1.54, 1.807) is 0 Å². The Morgan fingerprint density at radius 3 is 2.65 bits per heavy atom. The fraction of sp³-hybridized carbons (Fsp3) is 1.00. The van der Waals surface area contributed by atoms with Crippen molar-refractivity contribution in [2.24, 2.45) is 17.6 Å². The van der Waals surface area contributed by atoms with Crippen LogP contribution in [0.2, 0.25) is 0 Å². The maximum absolute atomic E-state index is 6.30. The second kappa shape index (κ2) is 6.76. The lowest BCUT2D eigenvalue weighted by molar-refractivity contribution is -0.0312. The van der Waals surface area contributed by atoms with Gasteiger partial charge < -0.3 is 10.6 Å². The molecule has 3 nitrogen and oxygen atoms in total. The van der Waals surface area contributed by atoms with Gasteiger partial charge in [0.25, 0.3) is 0 Å². The molecule has 3 atom stereocenters. The van der Waals surface area contributed by atoms with E-state index in [4.69, 9.17) is 5.73 Å². The summed E-state index contributed by atoms with van der Waals surface area (Å²) in [5, 5.41) is 0. The second-order valence-electron chi connectivity index (χ2n) is 7.83. The summed E-state index contributed by atoms with van der Waals surface area (Å²) in [6, 6.07) is 0.648. The summed E-state index contributed by atoms with van der Waals surface area (Å²) >= 11 is 0. The Balaban J connectivity index is 2.07. The van der Waals surface area contributed by atoms with Crippen molar-refractivity contribution in [3.05, 3.63) is 0 Å². The summed E-state index contributed by atoms with van der Waals surface area (Å²) in [5.74, 6) is 1.71. The molecule has 0 aromatic rings. The average Bonchev–Trinajstić information content (AvgIpc) is 2.38. The SMILES string of the molecule is CC(C)CC1CCCC(CN)(N2CCN(C)CC2C)C1. The molecule has 2 rings (SSSR count). The molecule has 1 heterocycles. The monoisotopic (exact) mass is 281 g/mol. The van der Waals surface area contributed by atoms with E-state index in [1.807, 2.05) is 0 Å². The van der Waals surface area contributed by atoms with Gasteiger partial charge in [-0.3, -0.25) is 4.90 Å². The van der Waals surface area contributed by atoms with E-state index in [2.05, 4.69) is 37.6 Å². The zero-order valence-electron chi connectivity index (χ0n) is 14.1. The molecule has 0 bridgehead atoms. The van der Waals surface area contributed by atoms with E-state index < -0.39 is 0 Å². The number of piperazine rings is 1. The molecular formula is C17H35N3. The number of hydrogen-bond acceptors (Lipinski definition) is 3. The van der Waals surface area contributed by atoms with Crippen LogP contribution in [0.4, 0.5) is 0 Å². The Hall–Kier alpha value is -0.120. The van der Waals surface area contributed by atoms with Gasteiger partial charge in [0.1, 0.15) is 0 Å². The summed E-state index contributed by atoms with van der Waals surface area (Å²) in [6.07, 6.45) is 6.81. The third-order valence-electron chi connectivity index (χ3n) is 5.55. The number of nitrogens with two attached hydrogens (primary N) is 1. The number of likely N-dealkylation sites (N-methyl/N-ethyl adjacent to an activating group) is 1. The van der Waals surface area contributed by atoms with Gasteiger partial charge in [0, 0.05) is 37.8 Å². The van der Waals surface area contributed by atoms with Crippen molar-refractivity contribution in [3.63, 3.8) is 0 Å². The molecule has 3 unspecified atom stereocenters. The van der Waals surface area contributed by atoms with Gasteiger partial charge >= 0.3 is 0 Å². The first kappa shape index (κ1) is 16.3. The standard InChI is InChI=1S/C17H35N3/c1-14(2)10-16-6-5-7-17(11-16,13-18)20-9-8-19(4)12-15(20)3/h14-16H,5-13,18H2,1-4H3. The lowest BCUT2D eigenvalue weighted by Crippen LogP contribution is -2.64. The first-order chi connectivity index (χ1) is 9.47. The van der Waals surface area contributed by atoms with E-state index in [0.717, 1.165) is 18.4 Å². The predicted octanol–water partition coefficient (Wildman–Crippen LogP) is 2.56. The molecule has 2 aliphatic rings. The van der Waals surface area contributed by atoms with Crippen LogP contribution < -0.4 is 5.73 Å². The molecule has 20 heavy (non-hydrogen) atoms. The first-order valence-corrected chi connectivity index (χ1v) is 8.62. The zero-order valence-corrected chi connectivity index (χ0v) is 14.1. The van der Waals surface area contributed by atoms with Gasteiger partial charge in [-0.05, 0) is 45.1 Å². The highest BCUT2D eigenvalue weighted by Crippen LogP contribution is 2.40. The van der Waals surface area contributed by atoms with Gasteiger partial charge in [-0.1, -0.05) is 26.7 Å². The van der Waals surface area contributed by atoms with Crippen LogP contribution in [0.15, 0.2) is 0 Å². The molecule has 0 aromatic carbocycles. The van der Waals surface area contributed by atoms with Crippen LogP contribution in [0.5, 0.6) is 0 Å². The fourth-order valence-corrected chi connectivity index (χ4v) is 4.74. The summed E-state index contributed by atoms with van der Waals surface area (Å²) in [5.41, 5.74) is 6.59. The third-order valence-corrected chi connectivity index (χ3v) is 5.55. The highest BCUT2D eigenvalue weighted by atomic mass is 15.3. The van der Waals surface area contributed by atoms with Crippen molar-refractivity contribution in [2.75, 3.05) is 33.2 Å². The minimum atomic E-state index is 0.290. The van der Waals surface area contributed by atoms with Gasteiger partial charge in [0.05, 0.1) is 0 Å². The van der Waals surface area contributed by atoms with E-state index in [-0.39, 0.29) is 0 Å². The van der Waals surface area contributed by atoms with E-state index >= 15 is 0 Å². The molecule has 2 N–H and O–H groups in total. The summed E-state index contributed by atoms with van der Waals surface area (Å²) in [7, 11) is 2.24. The van der Waals surface area contributed by atoms with Gasteiger partial charge in [0.2, 0.25) is 0 Å². The van der Waals surface area contributed by atoms with Crippen molar-refractivity contribution in [2.45, 2.75) is 64.5 Å². The summed E-state index contributed by atoms with van der Waals surface area (Å²) in [6.45, 7) is 11.5.